The third-order valence-electron chi connectivity index (χ3n) is 2.03. The second kappa shape index (κ2) is 4.48. The Morgan fingerprint density at radius 3 is 2.88 bits per heavy atom. The highest BCUT2D eigenvalue weighted by atomic mass is 16.4. The van der Waals surface area contributed by atoms with E-state index < -0.39 is 5.97 Å². The van der Waals surface area contributed by atoms with Crippen LogP contribution in [0.4, 0.5) is 5.82 Å². The molecule has 0 aliphatic rings. The molecular formula is C11H10N2O3. The zero-order valence-electron chi connectivity index (χ0n) is 8.38. The monoisotopic (exact) mass is 218 g/mol. The zero-order chi connectivity index (χ0) is 11.4. The van der Waals surface area contributed by atoms with Crippen LogP contribution in [-0.2, 0) is 6.54 Å². The molecule has 0 aliphatic heterocycles. The number of anilines is 1. The fraction of sp³-hybridized carbons (Fsp3) is 0.0909. The van der Waals surface area contributed by atoms with Crippen LogP contribution < -0.4 is 5.32 Å². The number of pyridine rings is 1. The van der Waals surface area contributed by atoms with E-state index in [1.54, 1.807) is 18.4 Å². The molecule has 0 saturated heterocycles. The van der Waals surface area contributed by atoms with Gasteiger partial charge in [-0.2, -0.15) is 0 Å². The second-order valence-electron chi connectivity index (χ2n) is 3.17. The van der Waals surface area contributed by atoms with Gasteiger partial charge in [-0.3, -0.25) is 0 Å². The van der Waals surface area contributed by atoms with Crippen molar-refractivity contribution in [1.82, 2.24) is 4.98 Å². The number of aromatic nitrogens is 1. The summed E-state index contributed by atoms with van der Waals surface area (Å²) in [6.07, 6.45) is 2.91. The van der Waals surface area contributed by atoms with Gasteiger partial charge in [0.1, 0.15) is 11.6 Å². The van der Waals surface area contributed by atoms with E-state index in [9.17, 15) is 4.79 Å². The molecule has 5 heteroatoms. The van der Waals surface area contributed by atoms with Gasteiger partial charge in [0.15, 0.2) is 0 Å². The lowest BCUT2D eigenvalue weighted by Crippen LogP contribution is -2.02. The van der Waals surface area contributed by atoms with E-state index in [0.717, 1.165) is 5.76 Å². The van der Waals surface area contributed by atoms with E-state index in [4.69, 9.17) is 9.52 Å². The molecule has 0 bridgehead atoms. The van der Waals surface area contributed by atoms with Crippen LogP contribution in [0.5, 0.6) is 0 Å². The molecule has 0 saturated carbocycles. The molecule has 0 atom stereocenters. The highest BCUT2D eigenvalue weighted by Crippen LogP contribution is 2.07. The molecule has 0 unspecified atom stereocenters. The van der Waals surface area contributed by atoms with Crippen LogP contribution in [0.15, 0.2) is 41.1 Å². The maximum Gasteiger partial charge on any atom is 0.337 e. The van der Waals surface area contributed by atoms with E-state index in [2.05, 4.69) is 10.3 Å². The summed E-state index contributed by atoms with van der Waals surface area (Å²) in [5.41, 5.74) is 0.170. The summed E-state index contributed by atoms with van der Waals surface area (Å²) in [5.74, 6) is 0.426. The summed E-state index contributed by atoms with van der Waals surface area (Å²) in [7, 11) is 0. The fourth-order valence-corrected chi connectivity index (χ4v) is 1.22. The number of nitrogens with one attached hydrogen (secondary N) is 1. The lowest BCUT2D eigenvalue weighted by molar-refractivity contribution is 0.0696. The van der Waals surface area contributed by atoms with Crippen molar-refractivity contribution in [2.75, 3.05) is 5.32 Å². The van der Waals surface area contributed by atoms with Crippen molar-refractivity contribution in [2.45, 2.75) is 6.54 Å². The standard InChI is InChI=1S/C11H10N2O3/c14-11(15)8-3-4-10(12-6-8)13-7-9-2-1-5-16-9/h1-6H,7H2,(H,12,13)(H,14,15). The number of carboxylic acids is 1. The Labute approximate surface area is 91.7 Å². The largest absolute Gasteiger partial charge is 0.478 e. The molecule has 16 heavy (non-hydrogen) atoms. The number of rotatable bonds is 4. The van der Waals surface area contributed by atoms with Crippen LogP contribution in [0.25, 0.3) is 0 Å². The molecule has 0 spiro atoms. The number of hydrogen-bond acceptors (Lipinski definition) is 4. The van der Waals surface area contributed by atoms with Crippen LogP contribution in [0, 0.1) is 0 Å². The molecular weight excluding hydrogens is 208 g/mol. The van der Waals surface area contributed by atoms with Gasteiger partial charge in [-0.25, -0.2) is 9.78 Å². The summed E-state index contributed by atoms with van der Waals surface area (Å²) >= 11 is 0. The highest BCUT2D eigenvalue weighted by molar-refractivity contribution is 5.87. The van der Waals surface area contributed by atoms with E-state index in [1.807, 2.05) is 6.07 Å². The Morgan fingerprint density at radius 1 is 1.44 bits per heavy atom. The Bertz CT molecular complexity index is 462. The first-order chi connectivity index (χ1) is 7.75. The summed E-state index contributed by atoms with van der Waals surface area (Å²) in [5, 5.41) is 11.7. The van der Waals surface area contributed by atoms with Crippen molar-refractivity contribution in [2.24, 2.45) is 0 Å². The molecule has 0 aliphatic carbocycles. The fourth-order valence-electron chi connectivity index (χ4n) is 1.22. The molecule has 2 aromatic heterocycles. The minimum Gasteiger partial charge on any atom is -0.478 e. The van der Waals surface area contributed by atoms with Gasteiger partial charge < -0.3 is 14.8 Å². The summed E-state index contributed by atoms with van der Waals surface area (Å²) < 4.78 is 5.13. The van der Waals surface area contributed by atoms with Gasteiger partial charge in [0, 0.05) is 6.20 Å². The molecule has 0 amide bonds. The average molecular weight is 218 g/mol. The van der Waals surface area contributed by atoms with Crippen LogP contribution >= 0.6 is 0 Å². The number of carbonyl (C=O) groups is 1. The Hall–Kier alpha value is -2.30. The van der Waals surface area contributed by atoms with Crippen LogP contribution in [0.3, 0.4) is 0 Å². The van der Waals surface area contributed by atoms with Crippen molar-refractivity contribution >= 4 is 11.8 Å². The minimum absolute atomic E-state index is 0.170. The molecule has 2 rings (SSSR count). The van der Waals surface area contributed by atoms with Crippen molar-refractivity contribution in [3.63, 3.8) is 0 Å². The quantitative estimate of drug-likeness (QED) is 0.820. The molecule has 82 valence electrons. The third kappa shape index (κ3) is 2.38. The maximum atomic E-state index is 10.6. The average Bonchev–Trinajstić information content (AvgIpc) is 2.80. The summed E-state index contributed by atoms with van der Waals surface area (Å²) in [6, 6.07) is 6.77. The summed E-state index contributed by atoms with van der Waals surface area (Å²) in [4.78, 5) is 14.5. The van der Waals surface area contributed by atoms with Gasteiger partial charge in [-0.15, -0.1) is 0 Å². The van der Waals surface area contributed by atoms with E-state index in [-0.39, 0.29) is 5.56 Å². The first-order valence-electron chi connectivity index (χ1n) is 4.71. The predicted octanol–water partition coefficient (Wildman–Crippen LogP) is 1.98. The molecule has 2 heterocycles. The Morgan fingerprint density at radius 2 is 2.31 bits per heavy atom. The highest BCUT2D eigenvalue weighted by Gasteiger charge is 2.02. The smallest absolute Gasteiger partial charge is 0.337 e. The van der Waals surface area contributed by atoms with E-state index in [0.29, 0.717) is 12.4 Å². The van der Waals surface area contributed by atoms with Crippen molar-refractivity contribution in [1.29, 1.82) is 0 Å². The van der Waals surface area contributed by atoms with Gasteiger partial charge in [-0.1, -0.05) is 0 Å². The normalized spacial score (nSPS) is 10.0. The summed E-state index contributed by atoms with van der Waals surface area (Å²) in [6.45, 7) is 0.520. The van der Waals surface area contributed by atoms with Crippen molar-refractivity contribution < 1.29 is 14.3 Å². The van der Waals surface area contributed by atoms with Crippen molar-refractivity contribution in [3.8, 4) is 0 Å². The first-order valence-corrected chi connectivity index (χ1v) is 4.71. The third-order valence-corrected chi connectivity index (χ3v) is 2.03. The van der Waals surface area contributed by atoms with E-state index >= 15 is 0 Å². The van der Waals surface area contributed by atoms with Gasteiger partial charge in [0.2, 0.25) is 0 Å². The molecule has 0 aromatic carbocycles. The van der Waals surface area contributed by atoms with Gasteiger partial charge in [-0.05, 0) is 24.3 Å². The number of carboxylic acid groups (broad SMARTS) is 1. The molecule has 0 fully saturated rings. The molecule has 0 radical (unpaired) electrons. The first kappa shape index (κ1) is 10.2. The van der Waals surface area contributed by atoms with Crippen molar-refractivity contribution in [3.05, 3.63) is 48.0 Å². The van der Waals surface area contributed by atoms with Crippen LogP contribution in [0.2, 0.25) is 0 Å². The van der Waals surface area contributed by atoms with Gasteiger partial charge in [0.05, 0.1) is 18.4 Å². The van der Waals surface area contributed by atoms with E-state index in [1.165, 1.54) is 12.3 Å². The Balaban J connectivity index is 1.98. The lowest BCUT2D eigenvalue weighted by Gasteiger charge is -2.03. The maximum absolute atomic E-state index is 10.6. The van der Waals surface area contributed by atoms with Crippen LogP contribution in [0.1, 0.15) is 16.1 Å². The number of aromatic carboxylic acids is 1. The predicted molar refractivity (Wildman–Crippen MR) is 57.2 cm³/mol. The van der Waals surface area contributed by atoms with Gasteiger partial charge >= 0.3 is 5.97 Å². The lowest BCUT2D eigenvalue weighted by atomic mass is 10.3. The second-order valence-corrected chi connectivity index (χ2v) is 3.17. The zero-order valence-corrected chi connectivity index (χ0v) is 8.38. The molecule has 2 aromatic rings. The molecule has 2 N–H and O–H groups in total. The number of nitrogens with zero attached hydrogens (tertiary/aromatic N) is 1. The molecule has 5 nitrogen and oxygen atoms in total. The SMILES string of the molecule is O=C(O)c1ccc(NCc2ccco2)nc1. The Kier molecular flexibility index (Phi) is 2.86. The number of hydrogen-bond donors (Lipinski definition) is 2. The van der Waals surface area contributed by atoms with Crippen LogP contribution in [-0.4, -0.2) is 16.1 Å². The van der Waals surface area contributed by atoms with Gasteiger partial charge in [0.25, 0.3) is 0 Å². The number of furan rings is 1. The topological polar surface area (TPSA) is 75.4 Å². The minimum atomic E-state index is -0.981.